The van der Waals surface area contributed by atoms with Crippen molar-refractivity contribution >= 4 is 12.4 Å². The molecule has 1 heterocycles. The highest BCUT2D eigenvalue weighted by Gasteiger charge is 2.24. The zero-order chi connectivity index (χ0) is 14.4. The third kappa shape index (κ3) is 4.81. The van der Waals surface area contributed by atoms with Crippen LogP contribution in [0.2, 0.25) is 0 Å². The van der Waals surface area contributed by atoms with Gasteiger partial charge in [0.1, 0.15) is 11.6 Å². The summed E-state index contributed by atoms with van der Waals surface area (Å²) in [7, 11) is 1.59. The molecule has 1 aliphatic heterocycles. The van der Waals surface area contributed by atoms with Crippen molar-refractivity contribution in [2.75, 3.05) is 39.9 Å². The van der Waals surface area contributed by atoms with Gasteiger partial charge in [0, 0.05) is 44.4 Å². The maximum Gasteiger partial charge on any atom is 0.128 e. The van der Waals surface area contributed by atoms with E-state index in [0.717, 1.165) is 32.6 Å². The Hall–Kier alpha value is -0.880. The average Bonchev–Trinajstić information content (AvgIpc) is 2.50. The molecule has 0 amide bonds. The van der Waals surface area contributed by atoms with Crippen LogP contribution in [0.1, 0.15) is 24.4 Å². The van der Waals surface area contributed by atoms with Gasteiger partial charge in [0.05, 0.1) is 7.11 Å². The summed E-state index contributed by atoms with van der Waals surface area (Å²) >= 11 is 0. The van der Waals surface area contributed by atoms with E-state index in [4.69, 9.17) is 9.84 Å². The van der Waals surface area contributed by atoms with E-state index in [1.807, 2.05) is 0 Å². The largest absolute Gasteiger partial charge is 0.497 e. The van der Waals surface area contributed by atoms with E-state index in [-0.39, 0.29) is 30.9 Å². The molecule has 0 spiro atoms. The lowest BCUT2D eigenvalue weighted by Gasteiger charge is -2.35. The number of nitrogens with zero attached hydrogens (tertiary/aromatic N) is 1. The zero-order valence-electron chi connectivity index (χ0n) is 12.3. The van der Waals surface area contributed by atoms with E-state index in [1.165, 1.54) is 6.07 Å². The van der Waals surface area contributed by atoms with Crippen LogP contribution in [0, 0.1) is 5.82 Å². The van der Waals surface area contributed by atoms with Crippen molar-refractivity contribution in [1.82, 2.24) is 10.2 Å². The van der Waals surface area contributed by atoms with Crippen molar-refractivity contribution in [2.45, 2.75) is 18.9 Å². The summed E-state index contributed by atoms with van der Waals surface area (Å²) in [6.07, 6.45) is 1.42. The highest BCUT2D eigenvalue weighted by Crippen LogP contribution is 2.30. The van der Waals surface area contributed by atoms with Crippen molar-refractivity contribution in [3.8, 4) is 5.75 Å². The lowest BCUT2D eigenvalue weighted by Crippen LogP contribution is -2.45. The number of benzene rings is 1. The minimum Gasteiger partial charge on any atom is -0.497 e. The summed E-state index contributed by atoms with van der Waals surface area (Å²) in [6, 6.07) is 4.88. The molecule has 0 saturated carbocycles. The SMILES string of the molecule is COc1ccc(F)c([C@@H](CCCO)N2CCNCC2)c1.Cl. The maximum absolute atomic E-state index is 14.2. The Morgan fingerprint density at radius 1 is 1.38 bits per heavy atom. The van der Waals surface area contributed by atoms with Crippen molar-refractivity contribution in [2.24, 2.45) is 0 Å². The van der Waals surface area contributed by atoms with Gasteiger partial charge in [0.25, 0.3) is 0 Å². The minimum absolute atomic E-state index is 0. The first-order chi connectivity index (χ1) is 9.76. The third-order valence-corrected chi connectivity index (χ3v) is 3.79. The topological polar surface area (TPSA) is 44.7 Å². The highest BCUT2D eigenvalue weighted by molar-refractivity contribution is 5.85. The number of aliphatic hydroxyl groups is 1. The monoisotopic (exact) mass is 318 g/mol. The fourth-order valence-corrected chi connectivity index (χ4v) is 2.72. The zero-order valence-corrected chi connectivity index (χ0v) is 13.2. The van der Waals surface area contributed by atoms with Crippen LogP contribution in [0.3, 0.4) is 0 Å². The van der Waals surface area contributed by atoms with Gasteiger partial charge in [-0.3, -0.25) is 4.90 Å². The summed E-state index contributed by atoms with van der Waals surface area (Å²) in [4.78, 5) is 2.28. The fourth-order valence-electron chi connectivity index (χ4n) is 2.72. The van der Waals surface area contributed by atoms with Crippen LogP contribution in [0.5, 0.6) is 5.75 Å². The normalized spacial score (nSPS) is 17.1. The van der Waals surface area contributed by atoms with Gasteiger partial charge < -0.3 is 15.2 Å². The van der Waals surface area contributed by atoms with Crippen LogP contribution in [-0.2, 0) is 0 Å². The second kappa shape index (κ2) is 9.20. The molecule has 1 aromatic rings. The number of nitrogens with one attached hydrogen (secondary N) is 1. The van der Waals surface area contributed by atoms with E-state index >= 15 is 0 Å². The van der Waals surface area contributed by atoms with Crippen LogP contribution >= 0.6 is 12.4 Å². The molecule has 1 saturated heterocycles. The molecular weight excluding hydrogens is 295 g/mol. The first kappa shape index (κ1) is 18.2. The van der Waals surface area contributed by atoms with Gasteiger partial charge in [0.2, 0.25) is 0 Å². The smallest absolute Gasteiger partial charge is 0.128 e. The molecular formula is C15H24ClFN2O2. The first-order valence-electron chi connectivity index (χ1n) is 7.15. The van der Waals surface area contributed by atoms with Gasteiger partial charge in [0.15, 0.2) is 0 Å². The number of ether oxygens (including phenoxy) is 1. The Bertz CT molecular complexity index is 428. The summed E-state index contributed by atoms with van der Waals surface area (Å²) in [5.74, 6) is 0.470. The van der Waals surface area contributed by atoms with Crippen LogP contribution in [0.25, 0.3) is 0 Å². The van der Waals surface area contributed by atoms with Gasteiger partial charge in [-0.15, -0.1) is 12.4 Å². The van der Waals surface area contributed by atoms with E-state index in [9.17, 15) is 4.39 Å². The maximum atomic E-state index is 14.2. The van der Waals surface area contributed by atoms with Crippen molar-refractivity contribution in [3.05, 3.63) is 29.6 Å². The van der Waals surface area contributed by atoms with Gasteiger partial charge >= 0.3 is 0 Å². The second-order valence-corrected chi connectivity index (χ2v) is 5.06. The number of methoxy groups -OCH3 is 1. The molecule has 6 heteroatoms. The molecule has 0 bridgehead atoms. The number of halogens is 2. The van der Waals surface area contributed by atoms with Crippen LogP contribution in [0.4, 0.5) is 4.39 Å². The first-order valence-corrected chi connectivity index (χ1v) is 7.15. The highest BCUT2D eigenvalue weighted by atomic mass is 35.5. The summed E-state index contributed by atoms with van der Waals surface area (Å²) in [5, 5.41) is 12.4. The van der Waals surface area contributed by atoms with Gasteiger partial charge in [-0.1, -0.05) is 0 Å². The molecule has 2 N–H and O–H groups in total. The number of hydrogen-bond donors (Lipinski definition) is 2. The van der Waals surface area contributed by atoms with Crippen LogP contribution in [0.15, 0.2) is 18.2 Å². The quantitative estimate of drug-likeness (QED) is 0.842. The lowest BCUT2D eigenvalue weighted by atomic mass is 9.98. The summed E-state index contributed by atoms with van der Waals surface area (Å²) < 4.78 is 19.4. The standard InChI is InChI=1S/C15H23FN2O2.ClH/c1-20-12-4-5-14(16)13(11-12)15(3-2-10-19)18-8-6-17-7-9-18;/h4-5,11,15,17,19H,2-3,6-10H2,1H3;1H/t15-;/m1./s1. The summed E-state index contributed by atoms with van der Waals surface area (Å²) in [5.41, 5.74) is 0.666. The molecule has 0 unspecified atom stereocenters. The average molecular weight is 319 g/mol. The third-order valence-electron chi connectivity index (χ3n) is 3.79. The molecule has 0 radical (unpaired) electrons. The second-order valence-electron chi connectivity index (χ2n) is 5.06. The number of hydrogen-bond acceptors (Lipinski definition) is 4. The van der Waals surface area contributed by atoms with Crippen LogP contribution in [-0.4, -0.2) is 49.9 Å². The predicted octanol–water partition coefficient (Wildman–Crippen LogP) is 1.97. The molecule has 0 aliphatic carbocycles. The molecule has 1 atom stereocenters. The Balaban J connectivity index is 0.00000220. The number of rotatable bonds is 6. The van der Waals surface area contributed by atoms with Crippen molar-refractivity contribution in [1.29, 1.82) is 0 Å². The Morgan fingerprint density at radius 2 is 2.10 bits per heavy atom. The van der Waals surface area contributed by atoms with Crippen molar-refractivity contribution < 1.29 is 14.2 Å². The Kier molecular flexibility index (Phi) is 7.96. The molecule has 1 aromatic carbocycles. The van der Waals surface area contributed by atoms with Gasteiger partial charge in [-0.05, 0) is 31.0 Å². The molecule has 120 valence electrons. The lowest BCUT2D eigenvalue weighted by molar-refractivity contribution is 0.151. The molecule has 21 heavy (non-hydrogen) atoms. The number of aliphatic hydroxyl groups excluding tert-OH is 1. The summed E-state index contributed by atoms with van der Waals surface area (Å²) in [6.45, 7) is 3.76. The van der Waals surface area contributed by atoms with Gasteiger partial charge in [-0.25, -0.2) is 4.39 Å². The molecule has 0 aromatic heterocycles. The molecule has 2 rings (SSSR count). The Morgan fingerprint density at radius 3 is 2.71 bits per heavy atom. The van der Waals surface area contributed by atoms with Crippen LogP contribution < -0.4 is 10.1 Å². The Labute approximate surface area is 131 Å². The minimum atomic E-state index is -0.202. The van der Waals surface area contributed by atoms with E-state index in [2.05, 4.69) is 10.2 Å². The predicted molar refractivity (Wildman–Crippen MR) is 83.7 cm³/mol. The molecule has 4 nitrogen and oxygen atoms in total. The van der Waals surface area contributed by atoms with E-state index in [1.54, 1.807) is 19.2 Å². The van der Waals surface area contributed by atoms with Crippen molar-refractivity contribution in [3.63, 3.8) is 0 Å². The molecule has 1 aliphatic rings. The number of piperazine rings is 1. The molecule has 1 fully saturated rings. The van der Waals surface area contributed by atoms with Gasteiger partial charge in [-0.2, -0.15) is 0 Å². The fraction of sp³-hybridized carbons (Fsp3) is 0.600. The van der Waals surface area contributed by atoms with E-state index < -0.39 is 0 Å². The van der Waals surface area contributed by atoms with E-state index in [0.29, 0.717) is 17.7 Å².